The SMILES string of the molecule is CCO[C@@H]1C[C@H]2C(=O)NC3(CCCC3)C(=O)N(C)[C@@H](C3CCCC3)C(=O)N(C)[C@H](C(=O)N(C)C)CC(=O)N(C)[C@@H](CC3CC3)C(=O)N[C@@H]([C@@H](C)CC)C(=O)N(C)CC(=O)N(C)[C@H]3C[C@@H](C)[C@@H](C)CN(C3=O)[C@@H](CC3CCC(C(F)(F)F)CC3)C(=O)N(C)CC(=O)N[C@@H](CCC3CC(F)C(C(F)(F)F)C(F)C3)C(=O)N2C1. The normalized spacial score (nSPS) is 33.5. The van der Waals surface area contributed by atoms with Gasteiger partial charge >= 0.3 is 12.4 Å². The van der Waals surface area contributed by atoms with E-state index in [1.54, 1.807) is 20.8 Å². The molecule has 5 aliphatic carbocycles. The van der Waals surface area contributed by atoms with Gasteiger partial charge in [0.2, 0.25) is 70.9 Å². The van der Waals surface area contributed by atoms with Gasteiger partial charge in [0.05, 0.1) is 31.5 Å². The first-order valence-electron chi connectivity index (χ1n) is 39.9. The molecular weight excluding hydrogens is 1450 g/mol. The number of hydrogen-bond donors (Lipinski definition) is 3. The summed E-state index contributed by atoms with van der Waals surface area (Å²) in [4.78, 5) is 193. The van der Waals surface area contributed by atoms with Gasteiger partial charge in [-0.25, -0.2) is 8.78 Å². The molecule has 8 aliphatic rings. The number of nitrogens with zero attached hydrogens (tertiary/aromatic N) is 9. The number of nitrogens with one attached hydrogen (secondary N) is 3. The molecule has 3 N–H and O–H groups in total. The van der Waals surface area contributed by atoms with Crippen molar-refractivity contribution in [3.05, 3.63) is 0 Å². The maximum Gasteiger partial charge on any atom is 0.397 e. The second-order valence-corrected chi connectivity index (χ2v) is 33.7. The fourth-order valence-corrected chi connectivity index (χ4v) is 18.1. The molecule has 5 saturated carbocycles. The molecule has 14 atom stereocenters. The highest BCUT2D eigenvalue weighted by atomic mass is 19.4. The Bertz CT molecular complexity index is 3280. The lowest BCUT2D eigenvalue weighted by molar-refractivity contribution is -0.219. The second kappa shape index (κ2) is 37.3. The van der Waals surface area contributed by atoms with Crippen molar-refractivity contribution in [1.29, 1.82) is 0 Å². The van der Waals surface area contributed by atoms with Crippen LogP contribution in [0.2, 0.25) is 0 Å². The number of fused-ring (bicyclic) bond motifs is 3. The van der Waals surface area contributed by atoms with Gasteiger partial charge in [0.25, 0.3) is 0 Å². The van der Waals surface area contributed by atoms with Crippen molar-refractivity contribution in [3.63, 3.8) is 0 Å². The number of hydrogen-bond acceptors (Lipinski definition) is 13. The molecule has 0 radical (unpaired) electrons. The first-order chi connectivity index (χ1) is 51.5. The van der Waals surface area contributed by atoms with Gasteiger partial charge in [0.15, 0.2) is 0 Å². The summed E-state index contributed by atoms with van der Waals surface area (Å²) in [6, 6.07) is -11.2. The number of rotatable bonds is 13. The van der Waals surface area contributed by atoms with E-state index in [2.05, 4.69) is 16.0 Å². The van der Waals surface area contributed by atoms with Crippen molar-refractivity contribution in [1.82, 2.24) is 60.0 Å². The van der Waals surface area contributed by atoms with Crippen LogP contribution in [0.25, 0.3) is 0 Å². The molecule has 8 rings (SSSR count). The first kappa shape index (κ1) is 88.6. The molecule has 0 aromatic carbocycles. The summed E-state index contributed by atoms with van der Waals surface area (Å²) in [5.41, 5.74) is -1.71. The Hall–Kier alpha value is -6.96. The first-order valence-corrected chi connectivity index (χ1v) is 39.9. The summed E-state index contributed by atoms with van der Waals surface area (Å²) in [6.07, 6.45) is -14.4. The Morgan fingerprint density at radius 3 is 1.72 bits per heavy atom. The third kappa shape index (κ3) is 21.1. The van der Waals surface area contributed by atoms with Crippen molar-refractivity contribution < 1.29 is 97.4 Å². The number of carbonyl (C=O) groups excluding carboxylic acids is 12. The van der Waals surface area contributed by atoms with E-state index in [-0.39, 0.29) is 108 Å². The van der Waals surface area contributed by atoms with Crippen molar-refractivity contribution in [2.75, 3.05) is 89.2 Å². The van der Waals surface area contributed by atoms with E-state index >= 15 is 37.5 Å². The molecule has 110 heavy (non-hydrogen) atoms. The van der Waals surface area contributed by atoms with E-state index in [0.717, 1.165) is 32.4 Å². The van der Waals surface area contributed by atoms with Gasteiger partial charge < -0.3 is 64.8 Å². The van der Waals surface area contributed by atoms with Crippen LogP contribution in [0.5, 0.6) is 0 Å². The number of ether oxygens (including phenoxy) is 1. The Labute approximate surface area is 641 Å². The molecular formula is C77H120F8N12O13. The zero-order chi connectivity index (χ0) is 81.5. The lowest BCUT2D eigenvalue weighted by atomic mass is 9.76. The summed E-state index contributed by atoms with van der Waals surface area (Å²) < 4.78 is 122. The summed E-state index contributed by atoms with van der Waals surface area (Å²) >= 11 is 0. The van der Waals surface area contributed by atoms with E-state index in [4.69, 9.17) is 4.74 Å². The molecule has 3 heterocycles. The maximum atomic E-state index is 15.7. The monoisotopic (exact) mass is 1570 g/mol. The summed E-state index contributed by atoms with van der Waals surface area (Å²) in [5.74, 6) is -17.2. The molecule has 622 valence electrons. The Balaban J connectivity index is 1.21. The molecule has 2 bridgehead atoms. The highest BCUT2D eigenvalue weighted by molar-refractivity contribution is 6.01. The quantitative estimate of drug-likeness (QED) is 0.160. The lowest BCUT2D eigenvalue weighted by Crippen LogP contribution is -2.65. The fourth-order valence-electron chi connectivity index (χ4n) is 18.1. The molecule has 0 aromatic heterocycles. The number of amides is 12. The van der Waals surface area contributed by atoms with Crippen LogP contribution < -0.4 is 16.0 Å². The van der Waals surface area contributed by atoms with Crippen LogP contribution in [0, 0.1) is 53.3 Å². The van der Waals surface area contributed by atoms with E-state index in [9.17, 15) is 55.1 Å². The minimum atomic E-state index is -5.22. The van der Waals surface area contributed by atoms with Crippen LogP contribution in [0.4, 0.5) is 35.1 Å². The van der Waals surface area contributed by atoms with Gasteiger partial charge in [0.1, 0.15) is 72.1 Å². The summed E-state index contributed by atoms with van der Waals surface area (Å²) in [6.45, 7) is 7.06. The van der Waals surface area contributed by atoms with Crippen LogP contribution in [0.15, 0.2) is 0 Å². The third-order valence-corrected chi connectivity index (χ3v) is 25.7. The number of alkyl halides is 8. The van der Waals surface area contributed by atoms with E-state index in [1.165, 1.54) is 80.9 Å². The fraction of sp³-hybridized carbons (Fsp3) is 0.844. The average Bonchev–Trinajstić information content (AvgIpc) is 1.58. The maximum absolute atomic E-state index is 15.7. The summed E-state index contributed by atoms with van der Waals surface area (Å²) in [7, 11) is 11.1. The smallest absolute Gasteiger partial charge is 0.377 e. The van der Waals surface area contributed by atoms with Crippen LogP contribution in [0.3, 0.4) is 0 Å². The average molecular weight is 1570 g/mol. The van der Waals surface area contributed by atoms with Crippen molar-refractivity contribution in [3.8, 4) is 0 Å². The lowest BCUT2D eigenvalue weighted by Gasteiger charge is -2.42. The zero-order valence-corrected chi connectivity index (χ0v) is 66.4. The van der Waals surface area contributed by atoms with Gasteiger partial charge in [-0.15, -0.1) is 0 Å². The molecule has 33 heteroatoms. The topological polar surface area (TPSA) is 279 Å². The predicted octanol–water partition coefficient (Wildman–Crippen LogP) is 6.82. The minimum Gasteiger partial charge on any atom is -0.377 e. The van der Waals surface area contributed by atoms with Crippen LogP contribution >= 0.6 is 0 Å². The molecule has 8 fully saturated rings. The standard InChI is InChI=1S/C77H120F8N12O13/c1-14-43(3)64-72(107)91(9)42-62(100)93(11)57-32-44(4)45(5)39-96(71(57)106)59(36-47-24-27-50(28-25-47)76(80,81)82)70(105)90(8)41-60(98)86-54(29-26-48-33-52(78)63(53(79)34-48)77(83,84)85)68(103)97-40-51(110-15-2)37-56(97)67(102)88-75(30-18-19-31-75)74(109)95(13)65(49-20-16-17-21-49)73(108)94(12)58(69(104)89(6)7)38-61(99)92(10)55(66(101)87-64)35-46-22-23-46/h43-59,63-65H,14-42H2,1-13H3,(H,86,98)(H,87,101)(H,88,102)/t43-,44+,45-,47?,48?,50?,51+,52?,53?,54-,55-,56-,57-,58-,59-,63?,64-,65-/m0/s1. The van der Waals surface area contributed by atoms with Crippen LogP contribution in [0.1, 0.15) is 189 Å². The van der Waals surface area contributed by atoms with E-state index in [1.807, 2.05) is 13.8 Å². The number of likely N-dealkylation sites (N-methyl/N-ethyl adjacent to an activating group) is 7. The van der Waals surface area contributed by atoms with E-state index < -0.39 is 230 Å². The largest absolute Gasteiger partial charge is 0.397 e. The molecule has 1 spiro atoms. The Kier molecular flexibility index (Phi) is 30.1. The highest BCUT2D eigenvalue weighted by Gasteiger charge is 2.56. The van der Waals surface area contributed by atoms with Crippen LogP contribution in [-0.2, 0) is 62.3 Å². The second-order valence-electron chi connectivity index (χ2n) is 33.7. The molecule has 2 unspecified atom stereocenters. The molecule has 0 aromatic rings. The third-order valence-electron chi connectivity index (χ3n) is 25.7. The minimum absolute atomic E-state index is 0.00370. The Morgan fingerprint density at radius 1 is 0.582 bits per heavy atom. The molecule has 25 nitrogen and oxygen atoms in total. The summed E-state index contributed by atoms with van der Waals surface area (Å²) in [5, 5.41) is 8.55. The highest BCUT2D eigenvalue weighted by Crippen LogP contribution is 2.46. The van der Waals surface area contributed by atoms with Gasteiger partial charge in [-0.3, -0.25) is 57.5 Å². The van der Waals surface area contributed by atoms with Crippen LogP contribution in [-0.4, -0.2) is 289 Å². The zero-order valence-electron chi connectivity index (χ0n) is 66.4. The van der Waals surface area contributed by atoms with Crippen molar-refractivity contribution in [2.24, 2.45) is 53.3 Å². The van der Waals surface area contributed by atoms with Gasteiger partial charge in [-0.2, -0.15) is 26.3 Å². The van der Waals surface area contributed by atoms with Gasteiger partial charge in [-0.1, -0.05) is 72.6 Å². The van der Waals surface area contributed by atoms with Gasteiger partial charge in [-0.05, 0) is 145 Å². The van der Waals surface area contributed by atoms with E-state index in [0.29, 0.717) is 44.9 Å². The number of halogens is 8. The Morgan fingerprint density at radius 2 is 1.16 bits per heavy atom. The van der Waals surface area contributed by atoms with Crippen molar-refractivity contribution >= 4 is 70.9 Å². The molecule has 3 saturated heterocycles. The molecule has 3 aliphatic heterocycles. The van der Waals surface area contributed by atoms with Crippen molar-refractivity contribution in [2.45, 2.75) is 273 Å². The predicted molar refractivity (Wildman–Crippen MR) is 388 cm³/mol. The van der Waals surface area contributed by atoms with Gasteiger partial charge in [0, 0.05) is 82.5 Å². The number of carbonyl (C=O) groups is 12. The molecule has 12 amide bonds.